The van der Waals surface area contributed by atoms with E-state index in [9.17, 15) is 39.5 Å². The summed E-state index contributed by atoms with van der Waals surface area (Å²) in [5.74, 6) is -4.88. The van der Waals surface area contributed by atoms with E-state index in [2.05, 4.69) is 36.8 Å². The van der Waals surface area contributed by atoms with E-state index in [-0.39, 0.29) is 0 Å². The molecule has 0 spiro atoms. The molecule has 0 saturated carbocycles. The van der Waals surface area contributed by atoms with Crippen LogP contribution in [-0.2, 0) is 5.67 Å². The number of aromatic nitrogens is 1. The third kappa shape index (κ3) is 2.51. The van der Waals surface area contributed by atoms with Crippen molar-refractivity contribution in [2.24, 2.45) is 0 Å². The Kier molecular flexibility index (Phi) is 4.42. The van der Waals surface area contributed by atoms with E-state index in [0.717, 1.165) is 0 Å². The summed E-state index contributed by atoms with van der Waals surface area (Å²) < 4.78 is 113. The van der Waals surface area contributed by atoms with Gasteiger partial charge in [0.25, 0.3) is 0 Å². The molecule has 1 rings (SSSR count). The maximum atomic E-state index is 13.6. The molecule has 0 fully saturated rings. The first-order valence-electron chi connectivity index (χ1n) is 4.28. The highest BCUT2D eigenvalue weighted by Crippen LogP contribution is 2.55. The quantitative estimate of drug-likeness (QED) is 0.433. The van der Waals surface area contributed by atoms with Crippen LogP contribution in [-0.4, -0.2) is 17.3 Å². The Morgan fingerprint density at radius 3 is 1.25 bits per heavy atom. The van der Waals surface area contributed by atoms with Gasteiger partial charge in [0.05, 0.1) is 5.56 Å². The van der Waals surface area contributed by atoms with E-state index in [4.69, 9.17) is 0 Å². The molecular weight excluding hydrogens is 441 g/mol. The largest absolute Gasteiger partial charge is 0.436 e. The molecule has 0 aromatic carbocycles. The summed E-state index contributed by atoms with van der Waals surface area (Å²) in [7, 11) is 0. The Bertz CT molecular complexity index is 496. The van der Waals surface area contributed by atoms with Gasteiger partial charge in [-0.2, -0.15) is 26.3 Å². The number of hydrogen-bond acceptors (Lipinski definition) is 1. The maximum Gasteiger partial charge on any atom is 0.436 e. The molecule has 0 bridgehead atoms. The third-order valence-corrected chi connectivity index (χ3v) is 3.17. The molecule has 0 unspecified atom stereocenters. The summed E-state index contributed by atoms with van der Waals surface area (Å²) in [5.41, 5.74) is -9.06. The average molecular weight is 441 g/mol. The molecule has 0 aliphatic carbocycles. The number of pyridine rings is 1. The molecule has 0 N–H and O–H groups in total. The molecule has 1 nitrogen and oxygen atoms in total. The van der Waals surface area contributed by atoms with Gasteiger partial charge in [-0.3, -0.25) is 0 Å². The fourth-order valence-electron chi connectivity index (χ4n) is 1.23. The zero-order valence-electron chi connectivity index (χ0n) is 8.60. The highest BCUT2D eigenvalue weighted by Gasteiger charge is 2.75. The minimum absolute atomic E-state index is 1.21. The molecule has 1 aromatic rings. The van der Waals surface area contributed by atoms with E-state index >= 15 is 0 Å². The summed E-state index contributed by atoms with van der Waals surface area (Å²) in [6.07, 6.45) is -13.3. The Morgan fingerprint density at radius 1 is 0.700 bits per heavy atom. The van der Waals surface area contributed by atoms with Crippen LogP contribution in [0.1, 0.15) is 5.56 Å². The molecule has 0 aliphatic rings. The van der Waals surface area contributed by atoms with Gasteiger partial charge in [0.2, 0.25) is 0 Å². The standard InChI is InChI=1S/C8Br2F9N/c9-4-2(11)1(3(12)5(10)20-4)6(13,7(14,15)16)8(17,18)19. The van der Waals surface area contributed by atoms with Crippen LogP contribution in [0, 0.1) is 11.6 Å². The zero-order valence-corrected chi connectivity index (χ0v) is 11.8. The van der Waals surface area contributed by atoms with Crippen molar-refractivity contribution in [1.29, 1.82) is 0 Å². The van der Waals surface area contributed by atoms with Gasteiger partial charge in [-0.1, -0.05) is 0 Å². The van der Waals surface area contributed by atoms with Crippen LogP contribution in [0.3, 0.4) is 0 Å². The predicted octanol–water partition coefficient (Wildman–Crippen LogP) is 5.17. The fourth-order valence-corrected chi connectivity index (χ4v) is 2.22. The van der Waals surface area contributed by atoms with Crippen LogP contribution < -0.4 is 0 Å². The molecule has 114 valence electrons. The second kappa shape index (κ2) is 5.04. The Hall–Kier alpha value is -0.520. The van der Waals surface area contributed by atoms with Crippen LogP contribution in [0.25, 0.3) is 0 Å². The van der Waals surface area contributed by atoms with Gasteiger partial charge in [0, 0.05) is 0 Å². The minimum atomic E-state index is -6.63. The lowest BCUT2D eigenvalue weighted by Gasteiger charge is -2.30. The normalized spacial score (nSPS) is 13.8. The summed E-state index contributed by atoms with van der Waals surface area (Å²) >= 11 is 4.35. The van der Waals surface area contributed by atoms with Crippen LogP contribution in [0.2, 0.25) is 0 Å². The average Bonchev–Trinajstić information content (AvgIpc) is 2.23. The van der Waals surface area contributed by atoms with Crippen molar-refractivity contribution in [3.63, 3.8) is 0 Å². The van der Waals surface area contributed by atoms with Gasteiger partial charge in [0.1, 0.15) is 9.21 Å². The SMILES string of the molecule is Fc1c(Br)nc(Br)c(F)c1C(F)(C(F)(F)F)C(F)(F)F. The lowest BCUT2D eigenvalue weighted by atomic mass is 9.94. The highest BCUT2D eigenvalue weighted by atomic mass is 79.9. The van der Waals surface area contributed by atoms with Gasteiger partial charge in [-0.25, -0.2) is 18.2 Å². The second-order valence-electron chi connectivity index (χ2n) is 3.35. The molecular formula is C8Br2F9N. The van der Waals surface area contributed by atoms with Crippen molar-refractivity contribution in [1.82, 2.24) is 4.98 Å². The summed E-state index contributed by atoms with van der Waals surface area (Å²) in [6, 6.07) is 0. The first-order chi connectivity index (χ1) is 8.75. The summed E-state index contributed by atoms with van der Waals surface area (Å²) in [6.45, 7) is 0. The molecule has 0 amide bonds. The number of halogens is 11. The maximum absolute atomic E-state index is 13.6. The molecule has 0 radical (unpaired) electrons. The van der Waals surface area contributed by atoms with Gasteiger partial charge in [0.15, 0.2) is 11.6 Å². The molecule has 20 heavy (non-hydrogen) atoms. The molecule has 0 atom stereocenters. The van der Waals surface area contributed by atoms with Crippen LogP contribution in [0.15, 0.2) is 9.21 Å². The molecule has 1 heterocycles. The first kappa shape index (κ1) is 17.5. The Labute approximate surface area is 121 Å². The number of rotatable bonds is 1. The van der Waals surface area contributed by atoms with Gasteiger partial charge < -0.3 is 0 Å². The van der Waals surface area contributed by atoms with Gasteiger partial charge >= 0.3 is 18.0 Å². The van der Waals surface area contributed by atoms with Crippen molar-refractivity contribution < 1.29 is 39.5 Å². The minimum Gasteiger partial charge on any atom is -0.228 e. The zero-order chi connectivity index (χ0) is 16.1. The monoisotopic (exact) mass is 439 g/mol. The topological polar surface area (TPSA) is 12.9 Å². The van der Waals surface area contributed by atoms with E-state index in [1.807, 2.05) is 0 Å². The van der Waals surface area contributed by atoms with E-state index in [1.165, 1.54) is 0 Å². The van der Waals surface area contributed by atoms with Crippen molar-refractivity contribution in [3.8, 4) is 0 Å². The fraction of sp³-hybridized carbons (Fsp3) is 0.375. The third-order valence-electron chi connectivity index (χ3n) is 2.12. The second-order valence-corrected chi connectivity index (χ2v) is 4.85. The smallest absolute Gasteiger partial charge is 0.228 e. The van der Waals surface area contributed by atoms with E-state index in [0.29, 0.717) is 0 Å². The van der Waals surface area contributed by atoms with Crippen LogP contribution >= 0.6 is 31.9 Å². The number of hydrogen-bond donors (Lipinski definition) is 0. The summed E-state index contributed by atoms with van der Waals surface area (Å²) in [4.78, 5) is 2.89. The van der Waals surface area contributed by atoms with Crippen molar-refractivity contribution in [3.05, 3.63) is 26.4 Å². The number of alkyl halides is 7. The Morgan fingerprint density at radius 2 is 1.00 bits per heavy atom. The van der Waals surface area contributed by atoms with Crippen LogP contribution in [0.5, 0.6) is 0 Å². The molecule has 0 saturated heterocycles. The molecule has 0 aliphatic heterocycles. The lowest BCUT2D eigenvalue weighted by Crippen LogP contribution is -2.51. The predicted molar refractivity (Wildman–Crippen MR) is 54.4 cm³/mol. The first-order valence-corrected chi connectivity index (χ1v) is 5.86. The lowest BCUT2D eigenvalue weighted by molar-refractivity contribution is -0.350. The summed E-state index contributed by atoms with van der Waals surface area (Å²) in [5, 5.41) is 0. The van der Waals surface area contributed by atoms with Gasteiger partial charge in [-0.15, -0.1) is 0 Å². The molecule has 1 aromatic heterocycles. The van der Waals surface area contributed by atoms with Crippen molar-refractivity contribution in [2.45, 2.75) is 18.0 Å². The van der Waals surface area contributed by atoms with Crippen molar-refractivity contribution >= 4 is 31.9 Å². The van der Waals surface area contributed by atoms with Crippen molar-refractivity contribution in [2.75, 3.05) is 0 Å². The van der Waals surface area contributed by atoms with Gasteiger partial charge in [-0.05, 0) is 31.9 Å². The van der Waals surface area contributed by atoms with Crippen LogP contribution in [0.4, 0.5) is 39.5 Å². The van der Waals surface area contributed by atoms with E-state index < -0.39 is 44.4 Å². The highest BCUT2D eigenvalue weighted by molar-refractivity contribution is 9.11. The number of nitrogens with zero attached hydrogens (tertiary/aromatic N) is 1. The Balaban J connectivity index is 3.87. The van der Waals surface area contributed by atoms with E-state index in [1.54, 1.807) is 0 Å². The molecule has 12 heteroatoms.